The molecule has 7 unspecified atom stereocenters. The van der Waals surface area contributed by atoms with E-state index in [-0.39, 0.29) is 42.6 Å². The van der Waals surface area contributed by atoms with Gasteiger partial charge in [0.25, 0.3) is 5.91 Å². The van der Waals surface area contributed by atoms with Crippen LogP contribution in [0.3, 0.4) is 0 Å². The van der Waals surface area contributed by atoms with Crippen LogP contribution in [0, 0.1) is 23.6 Å². The minimum atomic E-state index is -4.01. The topological polar surface area (TPSA) is 186 Å². The Labute approximate surface area is 309 Å². The van der Waals surface area contributed by atoms with Crippen LogP contribution in [-0.2, 0) is 29.1 Å². The Morgan fingerprint density at radius 1 is 1.11 bits per heavy atom. The number of allylic oxidation sites excluding steroid dienone is 1. The summed E-state index contributed by atoms with van der Waals surface area (Å²) in [5.74, 6) is -3.21. The first kappa shape index (κ1) is 38.4. The van der Waals surface area contributed by atoms with Crippen LogP contribution in [0.2, 0.25) is 0 Å². The number of nitrogens with zero attached hydrogens (tertiary/aromatic N) is 3. The zero-order chi connectivity index (χ0) is 38.5. The molecule has 2 aromatic rings. The minimum Gasteiger partial charge on any atom is -0.471 e. The maximum atomic E-state index is 14.6. The van der Waals surface area contributed by atoms with Gasteiger partial charge in [-0.1, -0.05) is 26.0 Å². The fourth-order valence-corrected chi connectivity index (χ4v) is 8.54. The van der Waals surface area contributed by atoms with Crippen molar-refractivity contribution < 1.29 is 41.5 Å². The van der Waals surface area contributed by atoms with E-state index in [1.54, 1.807) is 27.7 Å². The van der Waals surface area contributed by atoms with Gasteiger partial charge in [-0.25, -0.2) is 27.6 Å². The predicted octanol–water partition coefficient (Wildman–Crippen LogP) is 3.90. The number of benzene rings is 1. The number of aromatic nitrogens is 2. The Balaban J connectivity index is 1.33. The summed E-state index contributed by atoms with van der Waals surface area (Å²) < 4.78 is 53.1. The summed E-state index contributed by atoms with van der Waals surface area (Å²) in [5, 5.41) is 5.61. The third kappa shape index (κ3) is 8.42. The molecular formula is C37H49FN6O8S. The van der Waals surface area contributed by atoms with E-state index in [0.717, 1.165) is 6.42 Å². The van der Waals surface area contributed by atoms with Crippen LogP contribution >= 0.6 is 0 Å². The van der Waals surface area contributed by atoms with E-state index in [9.17, 15) is 32.0 Å². The molecule has 2 aliphatic heterocycles. The normalized spacial score (nSPS) is 30.2. The van der Waals surface area contributed by atoms with Gasteiger partial charge in [-0.05, 0) is 90.2 Å². The van der Waals surface area contributed by atoms with Crippen LogP contribution in [0.15, 0.2) is 36.5 Å². The average molecular weight is 757 g/mol. The summed E-state index contributed by atoms with van der Waals surface area (Å²) in [5.41, 5.74) is -1.69. The highest BCUT2D eigenvalue weighted by Crippen LogP contribution is 2.47. The predicted molar refractivity (Wildman–Crippen MR) is 192 cm³/mol. The monoisotopic (exact) mass is 756 g/mol. The number of sulfonamides is 1. The summed E-state index contributed by atoms with van der Waals surface area (Å²) in [6, 6.07) is 1.71. The molecule has 4 aliphatic rings. The molecule has 2 saturated carbocycles. The minimum absolute atomic E-state index is 0.0288. The van der Waals surface area contributed by atoms with Crippen LogP contribution in [-0.4, -0.2) is 87.7 Å². The molecule has 1 aromatic heterocycles. The summed E-state index contributed by atoms with van der Waals surface area (Å²) in [6.45, 7) is 10.5. The molecule has 53 heavy (non-hydrogen) atoms. The lowest BCUT2D eigenvalue weighted by atomic mass is 9.88. The number of amides is 4. The average Bonchev–Trinajstić information content (AvgIpc) is 3.94. The van der Waals surface area contributed by atoms with E-state index < -0.39 is 79.6 Å². The van der Waals surface area contributed by atoms with Gasteiger partial charge >= 0.3 is 6.09 Å². The summed E-state index contributed by atoms with van der Waals surface area (Å²) in [4.78, 5) is 65.9. The first-order chi connectivity index (χ1) is 24.8. The van der Waals surface area contributed by atoms with Gasteiger partial charge in [-0.15, -0.1) is 0 Å². The Morgan fingerprint density at radius 3 is 2.55 bits per heavy atom. The first-order valence-electron chi connectivity index (χ1n) is 18.2. The molecule has 14 nitrogen and oxygen atoms in total. The zero-order valence-electron chi connectivity index (χ0n) is 31.0. The van der Waals surface area contributed by atoms with Gasteiger partial charge in [0.2, 0.25) is 27.7 Å². The third-order valence-corrected chi connectivity index (χ3v) is 12.9. The second-order valence-corrected chi connectivity index (χ2v) is 18.6. The Bertz CT molecular complexity index is 1930. The molecular weight excluding hydrogens is 708 g/mol. The van der Waals surface area contributed by atoms with Crippen molar-refractivity contribution in [3.8, 4) is 5.88 Å². The van der Waals surface area contributed by atoms with E-state index in [2.05, 4.69) is 32.2 Å². The summed E-state index contributed by atoms with van der Waals surface area (Å²) in [7, 11) is -4.01. The smallest absolute Gasteiger partial charge is 0.408 e. The van der Waals surface area contributed by atoms with Gasteiger partial charge in [-0.2, -0.15) is 0 Å². The molecule has 3 N–H and O–H groups in total. The molecule has 288 valence electrons. The van der Waals surface area contributed by atoms with Gasteiger partial charge in [-0.3, -0.25) is 19.1 Å². The molecule has 1 saturated heterocycles. The van der Waals surface area contributed by atoms with Gasteiger partial charge in [0.15, 0.2) is 0 Å². The Kier molecular flexibility index (Phi) is 10.2. The third-order valence-electron chi connectivity index (χ3n) is 10.7. The maximum Gasteiger partial charge on any atom is 0.408 e. The van der Waals surface area contributed by atoms with Gasteiger partial charge in [0, 0.05) is 18.4 Å². The number of alkyl carbamates (subject to hydrolysis) is 1. The standard InChI is InChI=1S/C37H49FN6O8S/c1-21-9-7-8-10-23-18-37(23,33(47)43-53(49,50)36(6)13-14-36)42-31(45)28-17-25(51-29-19-39-26-12-11-24(38)16-27(26)40-29)20-44(28)32(46)30(22(2)15-21)41-34(48)52-35(3,4)5/h8,10-12,16,19,21-23,25,28,30H,7,9,13-15,17-18,20H2,1-6H3,(H,41,48)(H,42,45)(H,43,47). The molecule has 0 radical (unpaired) electrons. The fourth-order valence-electron chi connectivity index (χ4n) is 7.23. The quantitative estimate of drug-likeness (QED) is 0.365. The SMILES string of the molecule is CC1CCC=CC2CC2(C(=O)NS(=O)(=O)C2(C)CC2)NC(=O)C2CC(Oc3cnc4ccc(F)cc4n3)CN2C(=O)C(NC(=O)OC(C)(C)C)C(C)C1. The molecule has 3 heterocycles. The number of carbonyl (C=O) groups excluding carboxylic acids is 4. The first-order valence-corrected chi connectivity index (χ1v) is 19.7. The van der Waals surface area contributed by atoms with Crippen LogP contribution in [0.5, 0.6) is 5.88 Å². The molecule has 2 aliphatic carbocycles. The van der Waals surface area contributed by atoms with E-state index >= 15 is 0 Å². The maximum absolute atomic E-state index is 14.6. The Morgan fingerprint density at radius 2 is 1.85 bits per heavy atom. The lowest BCUT2D eigenvalue weighted by Gasteiger charge is -2.33. The largest absolute Gasteiger partial charge is 0.471 e. The van der Waals surface area contributed by atoms with Crippen molar-refractivity contribution in [1.82, 2.24) is 30.2 Å². The van der Waals surface area contributed by atoms with Gasteiger partial charge < -0.3 is 25.0 Å². The second-order valence-electron chi connectivity index (χ2n) is 16.4. The van der Waals surface area contributed by atoms with Crippen molar-refractivity contribution in [1.29, 1.82) is 0 Å². The lowest BCUT2D eigenvalue weighted by Crippen LogP contribution is -2.59. The number of nitrogens with one attached hydrogen (secondary N) is 3. The fraction of sp³-hybridized carbons (Fsp3) is 0.622. The molecule has 6 rings (SSSR count). The molecule has 0 bridgehead atoms. The molecule has 1 aromatic carbocycles. The zero-order valence-corrected chi connectivity index (χ0v) is 31.8. The summed E-state index contributed by atoms with van der Waals surface area (Å²) >= 11 is 0. The van der Waals surface area contributed by atoms with Crippen molar-refractivity contribution >= 4 is 44.9 Å². The molecule has 7 atom stereocenters. The number of ether oxygens (including phenoxy) is 2. The van der Waals surface area contributed by atoms with Gasteiger partial charge in [0.1, 0.15) is 35.1 Å². The van der Waals surface area contributed by atoms with E-state index in [1.165, 1.54) is 29.3 Å². The van der Waals surface area contributed by atoms with Crippen molar-refractivity contribution in [2.24, 2.45) is 17.8 Å². The van der Waals surface area contributed by atoms with Crippen LogP contribution in [0.1, 0.15) is 86.5 Å². The van der Waals surface area contributed by atoms with Crippen LogP contribution in [0.4, 0.5) is 9.18 Å². The molecule has 16 heteroatoms. The van der Waals surface area contributed by atoms with Crippen LogP contribution < -0.4 is 20.1 Å². The van der Waals surface area contributed by atoms with Gasteiger partial charge in [0.05, 0.1) is 28.5 Å². The second kappa shape index (κ2) is 14.1. The Hall–Kier alpha value is -4.34. The van der Waals surface area contributed by atoms with Crippen molar-refractivity contribution in [3.05, 3.63) is 42.4 Å². The number of carbonyl (C=O) groups is 4. The number of hydrogen-bond donors (Lipinski definition) is 3. The molecule has 3 fully saturated rings. The van der Waals surface area contributed by atoms with E-state index in [1.807, 2.05) is 19.1 Å². The van der Waals surface area contributed by atoms with E-state index in [4.69, 9.17) is 9.47 Å². The van der Waals surface area contributed by atoms with Crippen molar-refractivity contribution in [2.45, 2.75) is 121 Å². The van der Waals surface area contributed by atoms with Crippen molar-refractivity contribution in [2.75, 3.05) is 6.54 Å². The molecule has 0 spiro atoms. The molecule has 4 amide bonds. The van der Waals surface area contributed by atoms with E-state index in [0.29, 0.717) is 31.2 Å². The highest BCUT2D eigenvalue weighted by atomic mass is 32.2. The summed E-state index contributed by atoms with van der Waals surface area (Å²) in [6.07, 6.45) is 6.54. The number of halogens is 1. The van der Waals surface area contributed by atoms with Crippen molar-refractivity contribution in [3.63, 3.8) is 0 Å². The van der Waals surface area contributed by atoms with Crippen LogP contribution in [0.25, 0.3) is 11.0 Å². The highest BCUT2D eigenvalue weighted by Gasteiger charge is 2.63. The number of rotatable bonds is 6. The number of fused-ring (bicyclic) bond motifs is 3. The number of hydrogen-bond acceptors (Lipinski definition) is 10. The highest BCUT2D eigenvalue weighted by molar-refractivity contribution is 7.91. The lowest BCUT2D eigenvalue weighted by molar-refractivity contribution is -0.142.